The molecule has 2 atom stereocenters. The number of carbonyl (C=O) groups is 3. The Bertz CT molecular complexity index is 691. The van der Waals surface area contributed by atoms with Crippen LogP contribution in [-0.4, -0.2) is 65.2 Å². The summed E-state index contributed by atoms with van der Waals surface area (Å²) in [5.41, 5.74) is 1.12. The zero-order valence-electron chi connectivity index (χ0n) is 15.5. The van der Waals surface area contributed by atoms with Gasteiger partial charge >= 0.3 is 0 Å². The summed E-state index contributed by atoms with van der Waals surface area (Å²) in [6, 6.07) is 3.95. The SMILES string of the molecule is O=C(CCN1C(=O)[C@H]2CCCC[C@H]2C1=O)N1CCN(c2ccncc2)CC1. The van der Waals surface area contributed by atoms with Gasteiger partial charge in [0.1, 0.15) is 0 Å². The Morgan fingerprint density at radius 2 is 1.56 bits per heavy atom. The highest BCUT2D eigenvalue weighted by Gasteiger charge is 2.47. The largest absolute Gasteiger partial charge is 0.368 e. The number of anilines is 1. The van der Waals surface area contributed by atoms with Gasteiger partial charge in [0.15, 0.2) is 0 Å². The van der Waals surface area contributed by atoms with Gasteiger partial charge in [-0.1, -0.05) is 12.8 Å². The molecule has 7 nitrogen and oxygen atoms in total. The Morgan fingerprint density at radius 3 is 2.15 bits per heavy atom. The summed E-state index contributed by atoms with van der Waals surface area (Å²) >= 11 is 0. The highest BCUT2D eigenvalue weighted by atomic mass is 16.2. The molecule has 2 saturated heterocycles. The monoisotopic (exact) mass is 370 g/mol. The van der Waals surface area contributed by atoms with E-state index in [9.17, 15) is 14.4 Å². The van der Waals surface area contributed by atoms with Crippen LogP contribution in [0, 0.1) is 11.8 Å². The number of hydrogen-bond donors (Lipinski definition) is 0. The molecule has 0 spiro atoms. The van der Waals surface area contributed by atoms with E-state index in [0.29, 0.717) is 13.1 Å². The summed E-state index contributed by atoms with van der Waals surface area (Å²) in [4.78, 5) is 47.1. The molecule has 3 fully saturated rings. The minimum atomic E-state index is -0.134. The van der Waals surface area contributed by atoms with E-state index in [1.807, 2.05) is 17.0 Å². The third kappa shape index (κ3) is 3.55. The van der Waals surface area contributed by atoms with Gasteiger partial charge in [0, 0.05) is 57.2 Å². The first-order valence-corrected chi connectivity index (χ1v) is 9.93. The maximum Gasteiger partial charge on any atom is 0.233 e. The molecule has 1 saturated carbocycles. The van der Waals surface area contributed by atoms with Gasteiger partial charge in [0.05, 0.1) is 11.8 Å². The van der Waals surface area contributed by atoms with Crippen molar-refractivity contribution in [3.05, 3.63) is 24.5 Å². The number of nitrogens with zero attached hydrogens (tertiary/aromatic N) is 4. The van der Waals surface area contributed by atoms with Gasteiger partial charge in [0.25, 0.3) is 0 Å². The van der Waals surface area contributed by atoms with Crippen LogP contribution in [0.5, 0.6) is 0 Å². The molecule has 3 amide bonds. The Hall–Kier alpha value is -2.44. The normalized spacial score (nSPS) is 25.7. The molecule has 0 N–H and O–H groups in total. The fourth-order valence-corrected chi connectivity index (χ4v) is 4.59. The van der Waals surface area contributed by atoms with E-state index in [1.165, 1.54) is 4.90 Å². The fourth-order valence-electron chi connectivity index (χ4n) is 4.59. The molecule has 0 unspecified atom stereocenters. The second-order valence-corrected chi connectivity index (χ2v) is 7.65. The number of pyridine rings is 1. The van der Waals surface area contributed by atoms with Crippen LogP contribution in [0.3, 0.4) is 0 Å². The number of fused-ring (bicyclic) bond motifs is 1. The van der Waals surface area contributed by atoms with Crippen LogP contribution in [0.4, 0.5) is 5.69 Å². The van der Waals surface area contributed by atoms with Crippen molar-refractivity contribution in [2.45, 2.75) is 32.1 Å². The summed E-state index contributed by atoms with van der Waals surface area (Å²) in [6.07, 6.45) is 7.45. The van der Waals surface area contributed by atoms with E-state index < -0.39 is 0 Å². The van der Waals surface area contributed by atoms with Crippen molar-refractivity contribution in [1.29, 1.82) is 0 Å². The summed E-state index contributed by atoms with van der Waals surface area (Å²) in [5, 5.41) is 0. The highest BCUT2D eigenvalue weighted by Crippen LogP contribution is 2.38. The average Bonchev–Trinajstić information content (AvgIpc) is 2.97. The van der Waals surface area contributed by atoms with Gasteiger partial charge < -0.3 is 9.80 Å². The van der Waals surface area contributed by atoms with Crippen LogP contribution in [0.2, 0.25) is 0 Å². The lowest BCUT2D eigenvalue weighted by atomic mass is 9.81. The minimum Gasteiger partial charge on any atom is -0.368 e. The van der Waals surface area contributed by atoms with Crippen LogP contribution < -0.4 is 4.90 Å². The first-order valence-electron chi connectivity index (χ1n) is 9.93. The average molecular weight is 370 g/mol. The molecule has 3 heterocycles. The van der Waals surface area contributed by atoms with Crippen molar-refractivity contribution < 1.29 is 14.4 Å². The quantitative estimate of drug-likeness (QED) is 0.747. The molecular weight excluding hydrogens is 344 g/mol. The lowest BCUT2D eigenvalue weighted by Gasteiger charge is -2.36. The summed E-state index contributed by atoms with van der Waals surface area (Å²) in [6.45, 7) is 3.11. The summed E-state index contributed by atoms with van der Waals surface area (Å²) in [7, 11) is 0. The van der Waals surface area contributed by atoms with E-state index in [2.05, 4.69) is 9.88 Å². The Kier molecular flexibility index (Phi) is 5.09. The number of rotatable bonds is 4. The minimum absolute atomic E-state index is 0.0276. The number of imide groups is 1. The number of carbonyl (C=O) groups excluding carboxylic acids is 3. The van der Waals surface area contributed by atoms with Crippen molar-refractivity contribution in [1.82, 2.24) is 14.8 Å². The zero-order chi connectivity index (χ0) is 18.8. The molecule has 1 aromatic rings. The summed E-state index contributed by atoms with van der Waals surface area (Å²) in [5.74, 6) is -0.351. The number of aromatic nitrogens is 1. The van der Waals surface area contributed by atoms with Crippen LogP contribution in [-0.2, 0) is 14.4 Å². The van der Waals surface area contributed by atoms with Crippen molar-refractivity contribution >= 4 is 23.4 Å². The molecule has 2 aliphatic heterocycles. The van der Waals surface area contributed by atoms with E-state index in [1.54, 1.807) is 12.4 Å². The molecule has 144 valence electrons. The van der Waals surface area contributed by atoms with Crippen molar-refractivity contribution in [3.63, 3.8) is 0 Å². The smallest absolute Gasteiger partial charge is 0.233 e. The van der Waals surface area contributed by atoms with Gasteiger partial charge in [-0.3, -0.25) is 24.3 Å². The molecule has 4 rings (SSSR count). The highest BCUT2D eigenvalue weighted by molar-refractivity contribution is 6.05. The fraction of sp³-hybridized carbons (Fsp3) is 0.600. The van der Waals surface area contributed by atoms with Crippen molar-refractivity contribution in [3.8, 4) is 0 Å². The van der Waals surface area contributed by atoms with E-state index in [0.717, 1.165) is 44.5 Å². The second-order valence-electron chi connectivity index (χ2n) is 7.65. The first-order chi connectivity index (χ1) is 13.1. The van der Waals surface area contributed by atoms with Crippen LogP contribution >= 0.6 is 0 Å². The Labute approximate surface area is 159 Å². The predicted molar refractivity (Wildman–Crippen MR) is 99.8 cm³/mol. The van der Waals surface area contributed by atoms with Crippen LogP contribution in [0.25, 0.3) is 0 Å². The van der Waals surface area contributed by atoms with Gasteiger partial charge in [-0.2, -0.15) is 0 Å². The van der Waals surface area contributed by atoms with E-state index in [4.69, 9.17) is 0 Å². The third-order valence-corrected chi connectivity index (χ3v) is 6.14. The standard InChI is InChI=1S/C20H26N4O3/c25-18(23-13-11-22(12-14-23)15-5-8-21-9-6-15)7-10-24-19(26)16-3-1-2-4-17(16)20(24)27/h5-6,8-9,16-17H,1-4,7,10-14H2/t16-,17+. The van der Waals surface area contributed by atoms with Gasteiger partial charge in [-0.25, -0.2) is 0 Å². The lowest BCUT2D eigenvalue weighted by Crippen LogP contribution is -2.49. The molecule has 1 aromatic heterocycles. The molecular formula is C20H26N4O3. The van der Waals surface area contributed by atoms with Crippen molar-refractivity contribution in [2.24, 2.45) is 11.8 Å². The van der Waals surface area contributed by atoms with E-state index >= 15 is 0 Å². The molecule has 1 aliphatic carbocycles. The lowest BCUT2D eigenvalue weighted by molar-refractivity contribution is -0.140. The van der Waals surface area contributed by atoms with Crippen LogP contribution in [0.1, 0.15) is 32.1 Å². The molecule has 27 heavy (non-hydrogen) atoms. The van der Waals surface area contributed by atoms with Gasteiger partial charge in [-0.05, 0) is 25.0 Å². The van der Waals surface area contributed by atoms with Crippen molar-refractivity contribution in [2.75, 3.05) is 37.6 Å². The maximum atomic E-state index is 12.6. The summed E-state index contributed by atoms with van der Waals surface area (Å²) < 4.78 is 0. The van der Waals surface area contributed by atoms with E-state index in [-0.39, 0.29) is 42.5 Å². The van der Waals surface area contributed by atoms with Gasteiger partial charge in [0.2, 0.25) is 17.7 Å². The molecule has 3 aliphatic rings. The molecule has 0 aromatic carbocycles. The molecule has 0 radical (unpaired) electrons. The molecule has 0 bridgehead atoms. The predicted octanol–water partition coefficient (Wildman–Crippen LogP) is 1.30. The number of piperazine rings is 1. The number of amides is 3. The van der Waals surface area contributed by atoms with Crippen LogP contribution in [0.15, 0.2) is 24.5 Å². The number of hydrogen-bond acceptors (Lipinski definition) is 5. The number of likely N-dealkylation sites (tertiary alicyclic amines) is 1. The topological polar surface area (TPSA) is 73.8 Å². The maximum absolute atomic E-state index is 12.6. The second kappa shape index (κ2) is 7.66. The Morgan fingerprint density at radius 1 is 0.963 bits per heavy atom. The molecule has 7 heteroatoms. The Balaban J connectivity index is 1.28. The zero-order valence-corrected chi connectivity index (χ0v) is 15.5. The third-order valence-electron chi connectivity index (χ3n) is 6.14. The first kappa shape index (κ1) is 17.9. The van der Waals surface area contributed by atoms with Gasteiger partial charge in [-0.15, -0.1) is 0 Å².